The fourth-order valence-electron chi connectivity index (χ4n) is 2.88. The second-order valence-electron chi connectivity index (χ2n) is 7.26. The van der Waals surface area contributed by atoms with Crippen LogP contribution in [0, 0.1) is 5.92 Å². The number of carbonyl (C=O) groups excluding carboxylic acids is 1. The number of likely N-dealkylation sites (tertiary alicyclic amines) is 1. The number of nitrogens with one attached hydrogen (secondary N) is 1. The maximum atomic E-state index is 12.2. The summed E-state index contributed by atoms with van der Waals surface area (Å²) < 4.78 is 5.51. The van der Waals surface area contributed by atoms with Gasteiger partial charge in [0.15, 0.2) is 0 Å². The summed E-state index contributed by atoms with van der Waals surface area (Å²) in [5.74, 6) is 3.41. The highest BCUT2D eigenvalue weighted by Crippen LogP contribution is 2.23. The Balaban J connectivity index is 1.80. The molecule has 0 aliphatic carbocycles. The summed E-state index contributed by atoms with van der Waals surface area (Å²) in [5.41, 5.74) is -0.409. The highest BCUT2D eigenvalue weighted by molar-refractivity contribution is 7.99. The van der Waals surface area contributed by atoms with Crippen LogP contribution in [-0.2, 0) is 4.74 Å². The van der Waals surface area contributed by atoms with Crippen LogP contribution in [0.3, 0.4) is 0 Å². The highest BCUT2D eigenvalue weighted by atomic mass is 32.2. The molecule has 2 rings (SSSR count). The van der Waals surface area contributed by atoms with Crippen molar-refractivity contribution in [2.24, 2.45) is 5.92 Å². The first-order valence-corrected chi connectivity index (χ1v) is 9.38. The summed E-state index contributed by atoms with van der Waals surface area (Å²) in [6.07, 6.45) is 4.61. The Hall–Kier alpha value is -0.420. The van der Waals surface area contributed by atoms with E-state index in [1.165, 1.54) is 30.8 Å². The van der Waals surface area contributed by atoms with Crippen molar-refractivity contribution in [1.29, 1.82) is 0 Å². The summed E-state index contributed by atoms with van der Waals surface area (Å²) >= 11 is 2.06. The van der Waals surface area contributed by atoms with Crippen LogP contribution in [-0.4, -0.2) is 53.8 Å². The molecule has 0 aromatic rings. The normalized spacial score (nSPS) is 27.5. The van der Waals surface area contributed by atoms with Gasteiger partial charge in [-0.3, -0.25) is 0 Å². The van der Waals surface area contributed by atoms with E-state index >= 15 is 0 Å². The van der Waals surface area contributed by atoms with Crippen molar-refractivity contribution in [3.63, 3.8) is 0 Å². The van der Waals surface area contributed by atoms with Crippen LogP contribution in [0.25, 0.3) is 0 Å². The molecule has 2 heterocycles. The molecule has 0 bridgehead atoms. The van der Waals surface area contributed by atoms with Gasteiger partial charge in [0.1, 0.15) is 5.60 Å². The van der Waals surface area contributed by atoms with E-state index in [9.17, 15) is 4.79 Å². The van der Waals surface area contributed by atoms with Crippen LogP contribution >= 0.6 is 11.8 Å². The SMILES string of the molecule is CC(C)(C)OC(=O)N1CCCCC(NCC2CCSC2)C1. The number of ether oxygens (including phenoxy) is 1. The van der Waals surface area contributed by atoms with Crippen LogP contribution in [0.15, 0.2) is 0 Å². The molecule has 2 aliphatic rings. The van der Waals surface area contributed by atoms with Gasteiger partial charge in [-0.2, -0.15) is 11.8 Å². The Morgan fingerprint density at radius 1 is 1.33 bits per heavy atom. The van der Waals surface area contributed by atoms with Gasteiger partial charge >= 0.3 is 6.09 Å². The molecule has 1 N–H and O–H groups in total. The lowest BCUT2D eigenvalue weighted by atomic mass is 10.1. The molecule has 2 atom stereocenters. The largest absolute Gasteiger partial charge is 0.444 e. The molecule has 2 aliphatic heterocycles. The monoisotopic (exact) mass is 314 g/mol. The van der Waals surface area contributed by atoms with Gasteiger partial charge in [0.05, 0.1) is 0 Å². The van der Waals surface area contributed by atoms with E-state index in [0.29, 0.717) is 6.04 Å². The molecule has 0 aromatic carbocycles. The first-order valence-electron chi connectivity index (χ1n) is 8.23. The Morgan fingerprint density at radius 3 is 2.81 bits per heavy atom. The molecule has 5 heteroatoms. The zero-order chi connectivity index (χ0) is 15.3. The summed E-state index contributed by atoms with van der Waals surface area (Å²) in [5, 5.41) is 3.69. The minimum atomic E-state index is -0.409. The fraction of sp³-hybridized carbons (Fsp3) is 0.938. The van der Waals surface area contributed by atoms with Gasteiger partial charge in [-0.25, -0.2) is 4.79 Å². The average molecular weight is 314 g/mol. The number of hydrogen-bond donors (Lipinski definition) is 1. The van der Waals surface area contributed by atoms with E-state index in [2.05, 4.69) is 17.1 Å². The molecule has 4 nitrogen and oxygen atoms in total. The number of rotatable bonds is 3. The second-order valence-corrected chi connectivity index (χ2v) is 8.41. The topological polar surface area (TPSA) is 41.6 Å². The van der Waals surface area contributed by atoms with E-state index in [0.717, 1.165) is 32.0 Å². The van der Waals surface area contributed by atoms with Crippen LogP contribution in [0.1, 0.15) is 46.5 Å². The van der Waals surface area contributed by atoms with E-state index in [1.807, 2.05) is 25.7 Å². The third-order valence-electron chi connectivity index (χ3n) is 4.04. The fourth-order valence-corrected chi connectivity index (χ4v) is 4.16. The van der Waals surface area contributed by atoms with Gasteiger partial charge in [0, 0.05) is 19.1 Å². The summed E-state index contributed by atoms with van der Waals surface area (Å²) in [6, 6.07) is 0.422. The molecule has 21 heavy (non-hydrogen) atoms. The van der Waals surface area contributed by atoms with Crippen molar-refractivity contribution in [3.05, 3.63) is 0 Å². The average Bonchev–Trinajstić information content (AvgIpc) is 2.78. The number of thioether (sulfide) groups is 1. The van der Waals surface area contributed by atoms with Gasteiger partial charge in [-0.05, 0) is 64.0 Å². The van der Waals surface area contributed by atoms with Crippen molar-refractivity contribution < 1.29 is 9.53 Å². The smallest absolute Gasteiger partial charge is 0.410 e. The number of nitrogens with zero attached hydrogens (tertiary/aromatic N) is 1. The summed E-state index contributed by atoms with van der Waals surface area (Å²) in [6.45, 7) is 8.49. The molecule has 2 fully saturated rings. The zero-order valence-electron chi connectivity index (χ0n) is 13.7. The molecule has 0 saturated carbocycles. The van der Waals surface area contributed by atoms with Crippen LogP contribution in [0.5, 0.6) is 0 Å². The predicted octanol–water partition coefficient (Wildman–Crippen LogP) is 3.12. The van der Waals surface area contributed by atoms with E-state index in [4.69, 9.17) is 4.74 Å². The minimum Gasteiger partial charge on any atom is -0.444 e. The molecule has 0 aromatic heterocycles. The maximum absolute atomic E-state index is 12.2. The number of carbonyl (C=O) groups is 1. The van der Waals surface area contributed by atoms with Gasteiger partial charge in [0.25, 0.3) is 0 Å². The molecular weight excluding hydrogens is 284 g/mol. The predicted molar refractivity (Wildman–Crippen MR) is 88.9 cm³/mol. The first-order chi connectivity index (χ1) is 9.94. The molecule has 0 spiro atoms. The van der Waals surface area contributed by atoms with Gasteiger partial charge in [-0.15, -0.1) is 0 Å². The third kappa shape index (κ3) is 6.07. The standard InChI is InChI=1S/C16H30N2O2S/c1-16(2,3)20-15(19)18-8-5-4-6-14(11-18)17-10-13-7-9-21-12-13/h13-14,17H,4-12H2,1-3H3. The Bertz CT molecular complexity index is 338. The van der Waals surface area contributed by atoms with Crippen molar-refractivity contribution in [2.45, 2.75) is 58.1 Å². The van der Waals surface area contributed by atoms with Crippen LogP contribution < -0.4 is 5.32 Å². The zero-order valence-corrected chi connectivity index (χ0v) is 14.5. The number of hydrogen-bond acceptors (Lipinski definition) is 4. The Kier molecular flexibility index (Phi) is 6.23. The summed E-state index contributed by atoms with van der Waals surface area (Å²) in [4.78, 5) is 14.1. The molecule has 2 unspecified atom stereocenters. The van der Waals surface area contributed by atoms with Crippen molar-refractivity contribution in [3.8, 4) is 0 Å². The lowest BCUT2D eigenvalue weighted by molar-refractivity contribution is 0.0243. The lowest BCUT2D eigenvalue weighted by Crippen LogP contribution is -2.45. The third-order valence-corrected chi connectivity index (χ3v) is 5.27. The second kappa shape index (κ2) is 7.73. The van der Waals surface area contributed by atoms with Gasteiger partial charge in [0.2, 0.25) is 0 Å². The molecule has 0 radical (unpaired) electrons. The van der Waals surface area contributed by atoms with Crippen molar-refractivity contribution >= 4 is 17.9 Å². The molecule has 122 valence electrons. The molecule has 2 saturated heterocycles. The van der Waals surface area contributed by atoms with E-state index in [-0.39, 0.29) is 6.09 Å². The van der Waals surface area contributed by atoms with Crippen LogP contribution in [0.4, 0.5) is 4.79 Å². The van der Waals surface area contributed by atoms with Crippen molar-refractivity contribution in [2.75, 3.05) is 31.1 Å². The Labute approximate surface area is 133 Å². The van der Waals surface area contributed by atoms with E-state index < -0.39 is 5.60 Å². The van der Waals surface area contributed by atoms with Gasteiger partial charge < -0.3 is 15.0 Å². The minimum absolute atomic E-state index is 0.160. The quantitative estimate of drug-likeness (QED) is 0.869. The maximum Gasteiger partial charge on any atom is 0.410 e. The molecule has 1 amide bonds. The lowest BCUT2D eigenvalue weighted by Gasteiger charge is -2.29. The highest BCUT2D eigenvalue weighted by Gasteiger charge is 2.26. The summed E-state index contributed by atoms with van der Waals surface area (Å²) in [7, 11) is 0. The van der Waals surface area contributed by atoms with Crippen LogP contribution in [0.2, 0.25) is 0 Å². The number of amides is 1. The first kappa shape index (κ1) is 16.9. The van der Waals surface area contributed by atoms with Gasteiger partial charge in [-0.1, -0.05) is 6.42 Å². The Morgan fingerprint density at radius 2 is 2.14 bits per heavy atom. The van der Waals surface area contributed by atoms with Crippen molar-refractivity contribution in [1.82, 2.24) is 10.2 Å². The molecular formula is C16H30N2O2S. The van der Waals surface area contributed by atoms with E-state index in [1.54, 1.807) is 0 Å².